The number of amides is 2. The van der Waals surface area contributed by atoms with Crippen LogP contribution in [-0.2, 0) is 4.74 Å². The Kier molecular flexibility index (Phi) is 7.39. The Labute approximate surface area is 203 Å². The number of rotatable bonds is 5. The molecular formula is C27H38N4O3. The Morgan fingerprint density at radius 1 is 1.03 bits per heavy atom. The number of alkyl carbamates (subject to hydrolysis) is 1. The molecule has 2 aromatic rings. The van der Waals surface area contributed by atoms with Crippen molar-refractivity contribution in [3.63, 3.8) is 0 Å². The number of hydrogen-bond acceptors (Lipinski definition) is 5. The van der Waals surface area contributed by atoms with Crippen LogP contribution in [0.5, 0.6) is 0 Å². The van der Waals surface area contributed by atoms with Crippen molar-refractivity contribution >= 4 is 23.5 Å². The molecule has 2 amide bonds. The second-order valence-corrected chi connectivity index (χ2v) is 10.4. The van der Waals surface area contributed by atoms with E-state index in [1.807, 2.05) is 45.0 Å². The number of hydrogen-bond donors (Lipinski definition) is 2. The van der Waals surface area contributed by atoms with Crippen LogP contribution in [0.3, 0.4) is 0 Å². The van der Waals surface area contributed by atoms with E-state index in [-0.39, 0.29) is 13.4 Å². The summed E-state index contributed by atoms with van der Waals surface area (Å²) in [5.41, 5.74) is 2.14. The normalized spacial score (nSPS) is 19.0. The molecule has 2 aliphatic rings. The van der Waals surface area contributed by atoms with Gasteiger partial charge in [0.2, 0.25) is 0 Å². The van der Waals surface area contributed by atoms with E-state index in [0.717, 1.165) is 18.8 Å². The number of pyridine rings is 1. The van der Waals surface area contributed by atoms with Crippen molar-refractivity contribution in [1.82, 2.24) is 10.3 Å². The predicted molar refractivity (Wildman–Crippen MR) is 137 cm³/mol. The summed E-state index contributed by atoms with van der Waals surface area (Å²) in [5.74, 6) is 1.32. The number of anilines is 2. The van der Waals surface area contributed by atoms with Crippen LogP contribution in [0.1, 0.15) is 82.6 Å². The minimum Gasteiger partial charge on any atom is -0.444 e. The highest BCUT2D eigenvalue weighted by atomic mass is 16.6. The number of nitrogens with one attached hydrogen (secondary N) is 2. The van der Waals surface area contributed by atoms with Crippen LogP contribution in [0, 0.1) is 0 Å². The molecule has 2 heterocycles. The van der Waals surface area contributed by atoms with E-state index in [0.29, 0.717) is 23.7 Å². The van der Waals surface area contributed by atoms with Crippen LogP contribution >= 0.6 is 0 Å². The van der Waals surface area contributed by atoms with E-state index < -0.39 is 11.7 Å². The summed E-state index contributed by atoms with van der Waals surface area (Å²) >= 11 is 0. The molecular weight excluding hydrogens is 428 g/mol. The van der Waals surface area contributed by atoms with Crippen molar-refractivity contribution in [2.24, 2.45) is 0 Å². The molecule has 1 saturated carbocycles. The smallest absolute Gasteiger partial charge is 0.407 e. The van der Waals surface area contributed by atoms with Gasteiger partial charge in [-0.25, -0.2) is 9.78 Å². The van der Waals surface area contributed by atoms with E-state index in [9.17, 15) is 9.59 Å². The monoisotopic (exact) mass is 466 g/mol. The molecule has 1 atom stereocenters. The standard InChI is InChI=1S/C27H36N4O3.H2/c1-27(2,3)34-26(33)30-23-15-16-31(18-23)24-14-13-22(17-28-24)29-25(32)21-11-9-20(10-12-21)19-7-5-4-6-8-19;/h9-14,17,19,23H,4-8,15-16,18H2,1-3H3,(H,29,32)(H,30,33);1H. The van der Waals surface area contributed by atoms with E-state index in [1.165, 1.54) is 37.7 Å². The lowest BCUT2D eigenvalue weighted by molar-refractivity contribution is 0.0509. The number of aromatic nitrogens is 1. The maximum Gasteiger partial charge on any atom is 0.407 e. The molecule has 4 rings (SSSR count). The number of ether oxygens (including phenoxy) is 1. The number of benzene rings is 1. The molecule has 0 spiro atoms. The van der Waals surface area contributed by atoms with Gasteiger partial charge in [-0.1, -0.05) is 31.4 Å². The van der Waals surface area contributed by atoms with Crippen LogP contribution < -0.4 is 15.5 Å². The molecule has 0 bridgehead atoms. The Hall–Kier alpha value is -3.09. The van der Waals surface area contributed by atoms with Crippen molar-refractivity contribution in [2.75, 3.05) is 23.3 Å². The maximum absolute atomic E-state index is 12.7. The quantitative estimate of drug-likeness (QED) is 0.588. The lowest BCUT2D eigenvalue weighted by Crippen LogP contribution is -2.40. The van der Waals surface area contributed by atoms with Crippen molar-refractivity contribution in [3.8, 4) is 0 Å². The summed E-state index contributed by atoms with van der Waals surface area (Å²) in [6, 6.07) is 11.8. The second kappa shape index (κ2) is 10.5. The molecule has 0 radical (unpaired) electrons. The average molecular weight is 467 g/mol. The Balaban J connectivity index is 0.00000342. The van der Waals surface area contributed by atoms with Gasteiger partial charge in [0.05, 0.1) is 17.9 Å². The van der Waals surface area contributed by atoms with Crippen LogP contribution in [-0.4, -0.2) is 41.7 Å². The first-order valence-electron chi connectivity index (χ1n) is 12.4. The van der Waals surface area contributed by atoms with E-state index in [4.69, 9.17) is 4.74 Å². The minimum atomic E-state index is -0.512. The summed E-state index contributed by atoms with van der Waals surface area (Å²) in [4.78, 5) is 31.3. The van der Waals surface area contributed by atoms with Gasteiger partial charge in [0, 0.05) is 20.1 Å². The van der Waals surface area contributed by atoms with Crippen LogP contribution in [0.2, 0.25) is 0 Å². The first kappa shape index (κ1) is 24.0. The van der Waals surface area contributed by atoms with Crippen LogP contribution in [0.15, 0.2) is 42.6 Å². The third-order valence-electron chi connectivity index (χ3n) is 6.49. The molecule has 184 valence electrons. The average Bonchev–Trinajstić information content (AvgIpc) is 3.27. The van der Waals surface area contributed by atoms with E-state index in [1.54, 1.807) is 6.20 Å². The molecule has 1 saturated heterocycles. The zero-order valence-electron chi connectivity index (χ0n) is 20.5. The molecule has 2 N–H and O–H groups in total. The van der Waals surface area contributed by atoms with Gasteiger partial charge in [0.25, 0.3) is 5.91 Å². The third kappa shape index (κ3) is 6.49. The van der Waals surface area contributed by atoms with Gasteiger partial charge >= 0.3 is 6.09 Å². The fourth-order valence-electron chi connectivity index (χ4n) is 4.75. The molecule has 7 nitrogen and oxygen atoms in total. The Morgan fingerprint density at radius 2 is 1.76 bits per heavy atom. The Bertz CT molecular complexity index is 983. The molecule has 34 heavy (non-hydrogen) atoms. The fraction of sp³-hybridized carbons (Fsp3) is 0.519. The van der Waals surface area contributed by atoms with Crippen molar-refractivity contribution < 1.29 is 15.8 Å². The zero-order chi connectivity index (χ0) is 24.1. The van der Waals surface area contributed by atoms with E-state index in [2.05, 4.69) is 32.7 Å². The lowest BCUT2D eigenvalue weighted by atomic mass is 9.84. The van der Waals surface area contributed by atoms with E-state index >= 15 is 0 Å². The first-order valence-corrected chi connectivity index (χ1v) is 12.4. The van der Waals surface area contributed by atoms with Gasteiger partial charge in [-0.05, 0) is 75.8 Å². The van der Waals surface area contributed by atoms with Crippen LogP contribution in [0.25, 0.3) is 0 Å². The summed E-state index contributed by atoms with van der Waals surface area (Å²) in [5, 5.41) is 5.87. The minimum absolute atomic E-state index is 0. The van der Waals surface area contributed by atoms with Crippen LogP contribution in [0.4, 0.5) is 16.3 Å². The molecule has 1 aliphatic carbocycles. The molecule has 1 aromatic heterocycles. The highest BCUT2D eigenvalue weighted by molar-refractivity contribution is 6.04. The zero-order valence-corrected chi connectivity index (χ0v) is 20.5. The predicted octanol–water partition coefficient (Wildman–Crippen LogP) is 5.73. The lowest BCUT2D eigenvalue weighted by Gasteiger charge is -2.22. The van der Waals surface area contributed by atoms with Gasteiger partial charge in [-0.2, -0.15) is 0 Å². The number of carbonyl (C=O) groups excluding carboxylic acids is 2. The topological polar surface area (TPSA) is 83.6 Å². The largest absolute Gasteiger partial charge is 0.444 e. The SMILES string of the molecule is CC(C)(C)OC(=O)NC1CCN(c2ccc(NC(=O)c3ccc(C4CCCCC4)cc3)cn2)C1.[HH]. The van der Waals surface area contributed by atoms with Gasteiger partial charge in [0.1, 0.15) is 11.4 Å². The molecule has 1 aliphatic heterocycles. The highest BCUT2D eigenvalue weighted by Gasteiger charge is 2.27. The van der Waals surface area contributed by atoms with Gasteiger partial charge in [0.15, 0.2) is 0 Å². The first-order chi connectivity index (χ1) is 16.3. The highest BCUT2D eigenvalue weighted by Crippen LogP contribution is 2.32. The van der Waals surface area contributed by atoms with Gasteiger partial charge in [-0.15, -0.1) is 0 Å². The number of nitrogens with zero attached hydrogens (tertiary/aromatic N) is 2. The van der Waals surface area contributed by atoms with Crippen molar-refractivity contribution in [1.29, 1.82) is 0 Å². The molecule has 1 aromatic carbocycles. The summed E-state index contributed by atoms with van der Waals surface area (Å²) in [7, 11) is 0. The Morgan fingerprint density at radius 3 is 2.41 bits per heavy atom. The third-order valence-corrected chi connectivity index (χ3v) is 6.49. The summed E-state index contributed by atoms with van der Waals surface area (Å²) in [6.45, 7) is 7.02. The molecule has 2 fully saturated rings. The molecule has 1 unspecified atom stereocenters. The van der Waals surface area contributed by atoms with Crippen molar-refractivity contribution in [2.45, 2.75) is 76.9 Å². The summed E-state index contributed by atoms with van der Waals surface area (Å²) in [6.07, 6.45) is 8.55. The number of carbonyl (C=O) groups is 2. The van der Waals surface area contributed by atoms with Crippen molar-refractivity contribution in [3.05, 3.63) is 53.7 Å². The maximum atomic E-state index is 12.7. The summed E-state index contributed by atoms with van der Waals surface area (Å²) < 4.78 is 5.34. The molecule has 7 heteroatoms. The fourth-order valence-corrected chi connectivity index (χ4v) is 4.75. The second-order valence-electron chi connectivity index (χ2n) is 10.4. The van der Waals surface area contributed by atoms with Gasteiger partial charge in [-0.3, -0.25) is 4.79 Å². The van der Waals surface area contributed by atoms with Gasteiger partial charge < -0.3 is 20.3 Å².